The van der Waals surface area contributed by atoms with Gasteiger partial charge in [0.05, 0.1) is 11.4 Å². The number of anilines is 1. The monoisotopic (exact) mass is 340 g/mol. The maximum Gasteiger partial charge on any atom is 0.189 e. The zero-order chi connectivity index (χ0) is 17.6. The smallest absolute Gasteiger partial charge is 0.189 e. The topological polar surface area (TPSA) is 68.5 Å². The van der Waals surface area contributed by atoms with E-state index < -0.39 is 5.82 Å². The van der Waals surface area contributed by atoms with Gasteiger partial charge in [0.15, 0.2) is 11.6 Å². The van der Waals surface area contributed by atoms with E-state index in [1.165, 1.54) is 10.7 Å². The quantitative estimate of drug-likeness (QED) is 0.715. The van der Waals surface area contributed by atoms with Crippen molar-refractivity contribution in [2.45, 2.75) is 33.1 Å². The minimum atomic E-state index is -0.405. The highest BCUT2D eigenvalue weighted by Crippen LogP contribution is 2.21. The standard InChI is InChI=1S/C18H21FN6/c1-3-6-14-16(22-12-23-17(14)20-4-2)11-13-8-10-24-25(13)18-15(19)7-5-9-21-18/h5,7-10,12H,3-4,6,11H2,1-2H3,(H,20,22,23). The fourth-order valence-electron chi connectivity index (χ4n) is 2.79. The van der Waals surface area contributed by atoms with Crippen molar-refractivity contribution in [3.63, 3.8) is 0 Å². The number of nitrogens with one attached hydrogen (secondary N) is 1. The normalized spacial score (nSPS) is 10.8. The van der Waals surface area contributed by atoms with E-state index in [1.54, 1.807) is 24.8 Å². The summed E-state index contributed by atoms with van der Waals surface area (Å²) in [6.07, 6.45) is 7.17. The van der Waals surface area contributed by atoms with Crippen LogP contribution in [0.2, 0.25) is 0 Å². The predicted molar refractivity (Wildman–Crippen MR) is 94.3 cm³/mol. The van der Waals surface area contributed by atoms with Gasteiger partial charge in [-0.05, 0) is 31.5 Å². The summed E-state index contributed by atoms with van der Waals surface area (Å²) in [4.78, 5) is 12.9. The van der Waals surface area contributed by atoms with Gasteiger partial charge in [-0.2, -0.15) is 5.10 Å². The van der Waals surface area contributed by atoms with Crippen LogP contribution in [0.1, 0.15) is 37.2 Å². The van der Waals surface area contributed by atoms with Crippen molar-refractivity contribution in [1.82, 2.24) is 24.7 Å². The highest BCUT2D eigenvalue weighted by atomic mass is 19.1. The average Bonchev–Trinajstić information content (AvgIpc) is 3.06. The molecule has 0 fully saturated rings. The van der Waals surface area contributed by atoms with Crippen molar-refractivity contribution in [2.24, 2.45) is 0 Å². The van der Waals surface area contributed by atoms with E-state index >= 15 is 0 Å². The minimum absolute atomic E-state index is 0.195. The highest BCUT2D eigenvalue weighted by molar-refractivity contribution is 5.47. The molecule has 6 nitrogen and oxygen atoms in total. The van der Waals surface area contributed by atoms with E-state index in [2.05, 4.69) is 32.3 Å². The molecule has 130 valence electrons. The summed E-state index contributed by atoms with van der Waals surface area (Å²) in [5.74, 6) is 0.655. The van der Waals surface area contributed by atoms with Gasteiger partial charge < -0.3 is 5.32 Å². The van der Waals surface area contributed by atoms with Gasteiger partial charge in [0, 0.05) is 30.9 Å². The molecule has 3 rings (SSSR count). The lowest BCUT2D eigenvalue weighted by molar-refractivity contribution is 0.596. The Hall–Kier alpha value is -2.83. The van der Waals surface area contributed by atoms with Gasteiger partial charge in [-0.25, -0.2) is 24.0 Å². The first-order valence-electron chi connectivity index (χ1n) is 8.45. The van der Waals surface area contributed by atoms with Crippen LogP contribution in [-0.2, 0) is 12.8 Å². The second-order valence-corrected chi connectivity index (χ2v) is 5.65. The third kappa shape index (κ3) is 3.65. The van der Waals surface area contributed by atoms with Gasteiger partial charge in [0.2, 0.25) is 0 Å². The highest BCUT2D eigenvalue weighted by Gasteiger charge is 2.15. The summed E-state index contributed by atoms with van der Waals surface area (Å²) in [5.41, 5.74) is 2.85. The lowest BCUT2D eigenvalue weighted by Crippen LogP contribution is -2.11. The van der Waals surface area contributed by atoms with Gasteiger partial charge in [0.1, 0.15) is 12.1 Å². The van der Waals surface area contributed by atoms with E-state index in [-0.39, 0.29) is 5.82 Å². The Bertz CT molecular complexity index is 845. The van der Waals surface area contributed by atoms with Crippen LogP contribution in [0.5, 0.6) is 0 Å². The van der Waals surface area contributed by atoms with Crippen LogP contribution in [0.3, 0.4) is 0 Å². The number of halogens is 1. The molecule has 1 N–H and O–H groups in total. The first-order chi connectivity index (χ1) is 12.2. The van der Waals surface area contributed by atoms with E-state index in [9.17, 15) is 4.39 Å². The first kappa shape index (κ1) is 17.0. The molecule has 3 heterocycles. The van der Waals surface area contributed by atoms with Gasteiger partial charge in [-0.15, -0.1) is 0 Å². The minimum Gasteiger partial charge on any atom is -0.370 e. The molecule has 3 aromatic rings. The van der Waals surface area contributed by atoms with E-state index in [0.29, 0.717) is 6.42 Å². The Labute approximate surface area is 146 Å². The largest absolute Gasteiger partial charge is 0.370 e. The molecule has 0 bridgehead atoms. The number of aromatic nitrogens is 5. The summed E-state index contributed by atoms with van der Waals surface area (Å²) in [7, 11) is 0. The Balaban J connectivity index is 1.98. The van der Waals surface area contributed by atoms with Gasteiger partial charge in [-0.3, -0.25) is 0 Å². The lowest BCUT2D eigenvalue weighted by atomic mass is 10.1. The molecule has 0 aliphatic carbocycles. The molecular weight excluding hydrogens is 319 g/mol. The molecule has 0 saturated heterocycles. The van der Waals surface area contributed by atoms with Crippen LogP contribution in [0.4, 0.5) is 10.2 Å². The number of rotatable bonds is 7. The predicted octanol–water partition coefficient (Wildman–Crippen LogP) is 3.17. The number of pyridine rings is 1. The molecule has 0 saturated carbocycles. The third-order valence-corrected chi connectivity index (χ3v) is 3.89. The molecule has 0 unspecified atom stereocenters. The molecule has 0 amide bonds. The molecule has 0 aliphatic rings. The Morgan fingerprint density at radius 2 is 2.00 bits per heavy atom. The third-order valence-electron chi connectivity index (χ3n) is 3.89. The molecule has 0 aliphatic heterocycles. The second kappa shape index (κ2) is 7.83. The van der Waals surface area contributed by atoms with Crippen molar-refractivity contribution >= 4 is 5.82 Å². The summed E-state index contributed by atoms with van der Waals surface area (Å²) in [6, 6.07) is 4.80. The van der Waals surface area contributed by atoms with Crippen LogP contribution in [-0.4, -0.2) is 31.3 Å². The van der Waals surface area contributed by atoms with Crippen LogP contribution >= 0.6 is 0 Å². The average molecular weight is 340 g/mol. The zero-order valence-electron chi connectivity index (χ0n) is 14.4. The summed E-state index contributed by atoms with van der Waals surface area (Å²) < 4.78 is 15.6. The van der Waals surface area contributed by atoms with Crippen molar-refractivity contribution in [1.29, 1.82) is 0 Å². The molecule has 25 heavy (non-hydrogen) atoms. The summed E-state index contributed by atoms with van der Waals surface area (Å²) >= 11 is 0. The fourth-order valence-corrected chi connectivity index (χ4v) is 2.79. The number of hydrogen-bond acceptors (Lipinski definition) is 5. The summed E-state index contributed by atoms with van der Waals surface area (Å²) in [5, 5.41) is 7.52. The van der Waals surface area contributed by atoms with Gasteiger partial charge in [0.25, 0.3) is 0 Å². The molecule has 0 radical (unpaired) electrons. The first-order valence-corrected chi connectivity index (χ1v) is 8.45. The van der Waals surface area contributed by atoms with Crippen molar-refractivity contribution < 1.29 is 4.39 Å². The molecule has 0 atom stereocenters. The van der Waals surface area contributed by atoms with Crippen LogP contribution < -0.4 is 5.32 Å². The zero-order valence-corrected chi connectivity index (χ0v) is 14.4. The number of hydrogen-bond donors (Lipinski definition) is 1. The second-order valence-electron chi connectivity index (χ2n) is 5.65. The maximum atomic E-state index is 14.1. The maximum absolute atomic E-state index is 14.1. The fraction of sp³-hybridized carbons (Fsp3) is 0.333. The van der Waals surface area contributed by atoms with E-state index in [1.807, 2.05) is 13.0 Å². The Morgan fingerprint density at radius 3 is 2.76 bits per heavy atom. The van der Waals surface area contributed by atoms with Crippen LogP contribution in [0, 0.1) is 5.82 Å². The molecule has 0 spiro atoms. The lowest BCUT2D eigenvalue weighted by Gasteiger charge is -2.14. The van der Waals surface area contributed by atoms with E-state index in [4.69, 9.17) is 0 Å². The van der Waals surface area contributed by atoms with Gasteiger partial charge >= 0.3 is 0 Å². The molecular formula is C18H21FN6. The summed E-state index contributed by atoms with van der Waals surface area (Å²) in [6.45, 7) is 4.96. The van der Waals surface area contributed by atoms with Crippen LogP contribution in [0.25, 0.3) is 5.82 Å². The number of nitrogens with zero attached hydrogens (tertiary/aromatic N) is 5. The van der Waals surface area contributed by atoms with Gasteiger partial charge in [-0.1, -0.05) is 13.3 Å². The van der Waals surface area contributed by atoms with E-state index in [0.717, 1.165) is 42.2 Å². The van der Waals surface area contributed by atoms with Crippen molar-refractivity contribution in [3.05, 3.63) is 59.7 Å². The van der Waals surface area contributed by atoms with Crippen molar-refractivity contribution in [3.8, 4) is 5.82 Å². The Kier molecular flexibility index (Phi) is 5.33. The Morgan fingerprint density at radius 1 is 1.12 bits per heavy atom. The molecule has 0 aromatic carbocycles. The molecule has 3 aromatic heterocycles. The van der Waals surface area contributed by atoms with Crippen LogP contribution in [0.15, 0.2) is 36.9 Å². The molecule has 7 heteroatoms. The SMILES string of the molecule is CCCc1c(Cc2ccnn2-c2ncccc2F)ncnc1NCC. The van der Waals surface area contributed by atoms with Crippen molar-refractivity contribution in [2.75, 3.05) is 11.9 Å².